The van der Waals surface area contributed by atoms with Crippen molar-refractivity contribution in [3.05, 3.63) is 89.5 Å². The summed E-state index contributed by atoms with van der Waals surface area (Å²) in [6.45, 7) is 2.49. The lowest BCUT2D eigenvalue weighted by molar-refractivity contribution is -0.115. The van der Waals surface area contributed by atoms with E-state index in [0.29, 0.717) is 23.1 Å². The second kappa shape index (κ2) is 9.10. The number of nitrogens with one attached hydrogen (secondary N) is 1. The third-order valence-electron chi connectivity index (χ3n) is 4.91. The van der Waals surface area contributed by atoms with Crippen molar-refractivity contribution in [1.82, 2.24) is 14.8 Å². The highest BCUT2D eigenvalue weighted by Crippen LogP contribution is 2.37. The molecule has 4 rings (SSSR count). The van der Waals surface area contributed by atoms with Crippen molar-refractivity contribution in [2.45, 2.75) is 19.9 Å². The minimum absolute atomic E-state index is 0.135. The number of rotatable bonds is 6. The summed E-state index contributed by atoms with van der Waals surface area (Å²) in [5, 5.41) is 8.27. The number of carbonyl (C=O) groups excluding carboxylic acids is 1. The fourth-order valence-corrected chi connectivity index (χ4v) is 3.61. The van der Waals surface area contributed by atoms with Crippen molar-refractivity contribution in [2.75, 3.05) is 5.32 Å². The summed E-state index contributed by atoms with van der Waals surface area (Å²) in [4.78, 5) is 17.0. The molecule has 0 fully saturated rings. The summed E-state index contributed by atoms with van der Waals surface area (Å²) in [5.41, 5.74) is 3.75. The van der Waals surface area contributed by atoms with Gasteiger partial charge in [0.05, 0.1) is 12.0 Å². The van der Waals surface area contributed by atoms with Crippen LogP contribution in [0.1, 0.15) is 12.5 Å². The first-order valence-corrected chi connectivity index (χ1v) is 10.2. The molecule has 1 amide bonds. The number of halogens is 2. The van der Waals surface area contributed by atoms with Gasteiger partial charge in [0, 0.05) is 29.5 Å². The lowest BCUT2D eigenvalue weighted by atomic mass is 10.0. The second-order valence-electron chi connectivity index (χ2n) is 6.95. The van der Waals surface area contributed by atoms with Crippen molar-refractivity contribution in [3.63, 3.8) is 0 Å². The zero-order valence-electron chi connectivity index (χ0n) is 16.8. The van der Waals surface area contributed by atoms with E-state index in [0.717, 1.165) is 22.3 Å². The van der Waals surface area contributed by atoms with E-state index >= 15 is 0 Å². The molecule has 156 valence electrons. The van der Waals surface area contributed by atoms with Crippen molar-refractivity contribution < 1.29 is 9.18 Å². The molecule has 0 saturated carbocycles. The first-order valence-electron chi connectivity index (χ1n) is 9.87. The van der Waals surface area contributed by atoms with Gasteiger partial charge in [-0.25, -0.2) is 9.07 Å². The van der Waals surface area contributed by atoms with Crippen molar-refractivity contribution in [2.24, 2.45) is 0 Å². The summed E-state index contributed by atoms with van der Waals surface area (Å²) < 4.78 is 15.2. The SMILES string of the molecule is CCn1nc(-c2ccc(F)cc2)c(-c2ccncc2)c1NC(=O)Cc1ccccc1Cl. The third kappa shape index (κ3) is 4.49. The van der Waals surface area contributed by atoms with Gasteiger partial charge in [-0.1, -0.05) is 29.8 Å². The van der Waals surface area contributed by atoms with Gasteiger partial charge in [0.25, 0.3) is 0 Å². The lowest BCUT2D eigenvalue weighted by Crippen LogP contribution is -2.18. The van der Waals surface area contributed by atoms with E-state index in [-0.39, 0.29) is 18.1 Å². The second-order valence-corrected chi connectivity index (χ2v) is 7.35. The van der Waals surface area contributed by atoms with Crippen LogP contribution in [0.5, 0.6) is 0 Å². The Kier molecular flexibility index (Phi) is 6.09. The summed E-state index contributed by atoms with van der Waals surface area (Å²) in [6, 6.07) is 17.1. The molecule has 0 atom stereocenters. The molecular formula is C24H20ClFN4O. The number of benzene rings is 2. The molecular weight excluding hydrogens is 415 g/mol. The molecule has 0 aliphatic heterocycles. The van der Waals surface area contributed by atoms with Crippen LogP contribution in [-0.4, -0.2) is 20.7 Å². The lowest BCUT2D eigenvalue weighted by Gasteiger charge is -2.11. The maximum absolute atomic E-state index is 13.5. The number of pyridine rings is 1. The molecule has 2 aromatic heterocycles. The van der Waals surface area contributed by atoms with Gasteiger partial charge >= 0.3 is 0 Å². The molecule has 4 aromatic rings. The van der Waals surface area contributed by atoms with Crippen LogP contribution in [-0.2, 0) is 17.8 Å². The molecule has 0 aliphatic rings. The molecule has 0 bridgehead atoms. The molecule has 0 unspecified atom stereocenters. The van der Waals surface area contributed by atoms with E-state index in [9.17, 15) is 9.18 Å². The number of nitrogens with zero attached hydrogens (tertiary/aromatic N) is 3. The average Bonchev–Trinajstić information content (AvgIpc) is 3.14. The van der Waals surface area contributed by atoms with Crippen LogP contribution in [0.2, 0.25) is 5.02 Å². The molecule has 7 heteroatoms. The van der Waals surface area contributed by atoms with E-state index in [2.05, 4.69) is 10.3 Å². The predicted molar refractivity (Wildman–Crippen MR) is 120 cm³/mol. The van der Waals surface area contributed by atoms with Crippen molar-refractivity contribution in [3.8, 4) is 22.4 Å². The number of carbonyl (C=O) groups is 1. The Bertz CT molecular complexity index is 1210. The number of amides is 1. The number of hydrogen-bond donors (Lipinski definition) is 1. The highest BCUT2D eigenvalue weighted by molar-refractivity contribution is 6.31. The Balaban J connectivity index is 1.78. The summed E-state index contributed by atoms with van der Waals surface area (Å²) in [7, 11) is 0. The van der Waals surface area contributed by atoms with Crippen LogP contribution in [0.4, 0.5) is 10.2 Å². The Morgan fingerprint density at radius 1 is 1.03 bits per heavy atom. The van der Waals surface area contributed by atoms with Gasteiger partial charge in [0.2, 0.25) is 5.91 Å². The van der Waals surface area contributed by atoms with Crippen LogP contribution in [0, 0.1) is 5.82 Å². The van der Waals surface area contributed by atoms with E-state index in [1.54, 1.807) is 35.3 Å². The largest absolute Gasteiger partial charge is 0.310 e. The van der Waals surface area contributed by atoms with Crippen LogP contribution in [0.3, 0.4) is 0 Å². The average molecular weight is 435 g/mol. The van der Waals surface area contributed by atoms with Gasteiger partial charge in [-0.05, 0) is 60.5 Å². The van der Waals surface area contributed by atoms with Gasteiger partial charge in [0.1, 0.15) is 17.3 Å². The van der Waals surface area contributed by atoms with E-state index in [1.165, 1.54) is 12.1 Å². The van der Waals surface area contributed by atoms with E-state index < -0.39 is 0 Å². The maximum Gasteiger partial charge on any atom is 0.230 e. The number of anilines is 1. The number of hydrogen-bond acceptors (Lipinski definition) is 3. The summed E-state index contributed by atoms with van der Waals surface area (Å²) in [6.07, 6.45) is 3.50. The molecule has 2 aromatic carbocycles. The van der Waals surface area contributed by atoms with Crippen molar-refractivity contribution in [1.29, 1.82) is 0 Å². The van der Waals surface area contributed by atoms with Gasteiger partial charge in [-0.3, -0.25) is 9.78 Å². The van der Waals surface area contributed by atoms with Crippen LogP contribution in [0.25, 0.3) is 22.4 Å². The Labute approximate surface area is 184 Å². The molecule has 0 radical (unpaired) electrons. The van der Waals surface area contributed by atoms with Crippen LogP contribution >= 0.6 is 11.6 Å². The highest BCUT2D eigenvalue weighted by Gasteiger charge is 2.22. The maximum atomic E-state index is 13.5. The molecule has 0 spiro atoms. The Hall–Kier alpha value is -3.51. The Morgan fingerprint density at radius 2 is 1.74 bits per heavy atom. The topological polar surface area (TPSA) is 59.8 Å². The van der Waals surface area contributed by atoms with Gasteiger partial charge < -0.3 is 5.32 Å². The zero-order chi connectivity index (χ0) is 21.8. The fraction of sp³-hybridized carbons (Fsp3) is 0.125. The Morgan fingerprint density at radius 3 is 2.42 bits per heavy atom. The minimum Gasteiger partial charge on any atom is -0.310 e. The molecule has 0 saturated heterocycles. The molecule has 2 heterocycles. The molecule has 31 heavy (non-hydrogen) atoms. The zero-order valence-corrected chi connectivity index (χ0v) is 17.6. The smallest absolute Gasteiger partial charge is 0.230 e. The normalized spacial score (nSPS) is 10.8. The summed E-state index contributed by atoms with van der Waals surface area (Å²) in [5.74, 6) is 0.0474. The number of aromatic nitrogens is 3. The van der Waals surface area contributed by atoms with Crippen LogP contribution in [0.15, 0.2) is 73.1 Å². The predicted octanol–water partition coefficient (Wildman–Crippen LogP) is 5.61. The van der Waals surface area contributed by atoms with Gasteiger partial charge in [0.15, 0.2) is 0 Å². The first kappa shape index (κ1) is 20.8. The van der Waals surface area contributed by atoms with E-state index in [4.69, 9.17) is 16.7 Å². The van der Waals surface area contributed by atoms with Gasteiger partial charge in [-0.2, -0.15) is 5.10 Å². The molecule has 1 N–H and O–H groups in total. The molecule has 5 nitrogen and oxygen atoms in total. The summed E-state index contributed by atoms with van der Waals surface area (Å²) >= 11 is 6.22. The highest BCUT2D eigenvalue weighted by atomic mass is 35.5. The van der Waals surface area contributed by atoms with E-state index in [1.807, 2.05) is 37.3 Å². The monoisotopic (exact) mass is 434 g/mol. The first-order chi connectivity index (χ1) is 15.1. The van der Waals surface area contributed by atoms with Gasteiger partial charge in [-0.15, -0.1) is 0 Å². The fourth-order valence-electron chi connectivity index (χ4n) is 3.41. The van der Waals surface area contributed by atoms with Crippen molar-refractivity contribution >= 4 is 23.3 Å². The number of aryl methyl sites for hydroxylation is 1. The van der Waals surface area contributed by atoms with Crippen LogP contribution < -0.4 is 5.32 Å². The quantitative estimate of drug-likeness (QED) is 0.429. The minimum atomic E-state index is -0.322. The standard InChI is InChI=1S/C24H20ClFN4O/c1-2-30-24(28-21(31)15-18-5-3-4-6-20(18)25)22(16-11-13-27-14-12-16)23(29-30)17-7-9-19(26)10-8-17/h3-14H,2,15H2,1H3,(H,28,31). The third-order valence-corrected chi connectivity index (χ3v) is 5.27. The molecule has 0 aliphatic carbocycles.